The number of hydrogen-bond acceptors (Lipinski definition) is 4. The number of aryl methyl sites for hydroxylation is 2. The number of pyridine rings is 1. The van der Waals surface area contributed by atoms with Gasteiger partial charge in [0.25, 0.3) is 0 Å². The van der Waals surface area contributed by atoms with E-state index in [-0.39, 0.29) is 0 Å². The highest BCUT2D eigenvalue weighted by Crippen LogP contribution is 2.15. The summed E-state index contributed by atoms with van der Waals surface area (Å²) in [6.07, 6.45) is 5.66. The molecule has 0 aliphatic heterocycles. The van der Waals surface area contributed by atoms with Gasteiger partial charge >= 0.3 is 0 Å². The zero-order chi connectivity index (χ0) is 12.3. The molecule has 90 valence electrons. The second kappa shape index (κ2) is 4.86. The van der Waals surface area contributed by atoms with Gasteiger partial charge in [0.2, 0.25) is 0 Å². The molecule has 0 amide bonds. The highest BCUT2D eigenvalue weighted by atomic mass is 15.3. The number of nitrogens with one attached hydrogen (secondary N) is 1. The lowest BCUT2D eigenvalue weighted by molar-refractivity contribution is 0.637. The van der Waals surface area contributed by atoms with Crippen LogP contribution in [0.25, 0.3) is 0 Å². The third kappa shape index (κ3) is 2.96. The van der Waals surface area contributed by atoms with Crippen molar-refractivity contribution in [1.82, 2.24) is 14.8 Å². The van der Waals surface area contributed by atoms with Crippen LogP contribution in [0.5, 0.6) is 0 Å². The Bertz CT molecular complexity index is 503. The molecule has 2 rings (SSSR count). The van der Waals surface area contributed by atoms with Crippen LogP contribution < -0.4 is 11.1 Å². The fraction of sp³-hybridized carbons (Fsp3) is 0.333. The lowest BCUT2D eigenvalue weighted by Crippen LogP contribution is -2.12. The van der Waals surface area contributed by atoms with Crippen molar-refractivity contribution in [2.24, 2.45) is 0 Å². The first-order valence-electron chi connectivity index (χ1n) is 5.60. The number of aromatic nitrogens is 3. The van der Waals surface area contributed by atoms with Crippen molar-refractivity contribution >= 4 is 11.5 Å². The average molecular weight is 231 g/mol. The van der Waals surface area contributed by atoms with Gasteiger partial charge < -0.3 is 11.1 Å². The third-order valence-electron chi connectivity index (χ3n) is 2.45. The van der Waals surface area contributed by atoms with Crippen molar-refractivity contribution in [3.8, 4) is 0 Å². The van der Waals surface area contributed by atoms with Gasteiger partial charge in [-0.3, -0.25) is 4.68 Å². The predicted octanol–water partition coefficient (Wildman–Crippen LogP) is 1.59. The van der Waals surface area contributed by atoms with Crippen molar-refractivity contribution in [3.05, 3.63) is 35.8 Å². The Hall–Kier alpha value is -2.04. The maximum absolute atomic E-state index is 5.86. The van der Waals surface area contributed by atoms with Crippen LogP contribution in [0, 0.1) is 13.8 Å². The van der Waals surface area contributed by atoms with Crippen LogP contribution in [-0.4, -0.2) is 21.3 Å². The number of nitrogen functional groups attached to an aromatic ring is 1. The molecule has 0 aliphatic rings. The lowest BCUT2D eigenvalue weighted by atomic mass is 10.3. The molecule has 0 saturated heterocycles. The highest BCUT2D eigenvalue weighted by molar-refractivity contribution is 5.61. The second-order valence-electron chi connectivity index (χ2n) is 4.16. The summed E-state index contributed by atoms with van der Waals surface area (Å²) < 4.78 is 1.90. The van der Waals surface area contributed by atoms with Crippen molar-refractivity contribution in [2.75, 3.05) is 17.6 Å². The van der Waals surface area contributed by atoms with Gasteiger partial charge in [0.15, 0.2) is 0 Å². The third-order valence-corrected chi connectivity index (χ3v) is 2.45. The normalized spacial score (nSPS) is 10.5. The summed E-state index contributed by atoms with van der Waals surface area (Å²) >= 11 is 0. The van der Waals surface area contributed by atoms with E-state index in [0.29, 0.717) is 5.69 Å². The number of nitrogens with two attached hydrogens (primary N) is 1. The Morgan fingerprint density at radius 3 is 2.76 bits per heavy atom. The first-order chi connectivity index (χ1) is 8.15. The molecule has 0 bridgehead atoms. The maximum atomic E-state index is 5.86. The molecule has 2 heterocycles. The van der Waals surface area contributed by atoms with E-state index < -0.39 is 0 Å². The largest absolute Gasteiger partial charge is 0.396 e. The maximum Gasteiger partial charge on any atom is 0.149 e. The molecule has 5 nitrogen and oxygen atoms in total. The minimum Gasteiger partial charge on any atom is -0.396 e. The molecule has 0 atom stereocenters. The SMILES string of the molecule is Cc1cnc(NCCn2cc(C)cn2)c(N)c1. The van der Waals surface area contributed by atoms with E-state index in [9.17, 15) is 0 Å². The zero-order valence-corrected chi connectivity index (χ0v) is 10.1. The summed E-state index contributed by atoms with van der Waals surface area (Å²) in [5, 5.41) is 7.41. The Kier molecular flexibility index (Phi) is 3.27. The lowest BCUT2D eigenvalue weighted by Gasteiger charge is -2.08. The van der Waals surface area contributed by atoms with Crippen molar-refractivity contribution in [1.29, 1.82) is 0 Å². The standard InChI is InChI=1S/C12H17N5/c1-9-5-11(13)12(15-6-9)14-3-4-17-8-10(2)7-16-17/h5-8H,3-4,13H2,1-2H3,(H,14,15). The molecule has 3 N–H and O–H groups in total. The smallest absolute Gasteiger partial charge is 0.149 e. The minimum absolute atomic E-state index is 0.682. The number of nitrogens with zero attached hydrogens (tertiary/aromatic N) is 3. The molecular weight excluding hydrogens is 214 g/mol. The molecular formula is C12H17N5. The number of rotatable bonds is 4. The Morgan fingerprint density at radius 1 is 1.29 bits per heavy atom. The quantitative estimate of drug-likeness (QED) is 0.838. The van der Waals surface area contributed by atoms with Crippen LogP contribution in [0.15, 0.2) is 24.7 Å². The van der Waals surface area contributed by atoms with Crippen LogP contribution >= 0.6 is 0 Å². The van der Waals surface area contributed by atoms with Crippen LogP contribution in [0.1, 0.15) is 11.1 Å². The molecule has 0 aliphatic carbocycles. The fourth-order valence-electron chi connectivity index (χ4n) is 1.62. The highest BCUT2D eigenvalue weighted by Gasteiger charge is 2.00. The van der Waals surface area contributed by atoms with E-state index >= 15 is 0 Å². The van der Waals surface area contributed by atoms with Gasteiger partial charge in [-0.1, -0.05) is 0 Å². The molecule has 17 heavy (non-hydrogen) atoms. The van der Waals surface area contributed by atoms with Gasteiger partial charge in [-0.2, -0.15) is 5.10 Å². The van der Waals surface area contributed by atoms with Crippen molar-refractivity contribution < 1.29 is 0 Å². The number of hydrogen-bond donors (Lipinski definition) is 2. The van der Waals surface area contributed by atoms with E-state index in [1.54, 1.807) is 6.20 Å². The molecule has 0 fully saturated rings. The molecule has 0 aromatic carbocycles. The van der Waals surface area contributed by atoms with Crippen LogP contribution in [0.2, 0.25) is 0 Å². The van der Waals surface area contributed by atoms with Gasteiger partial charge in [-0.05, 0) is 31.0 Å². The van der Waals surface area contributed by atoms with E-state index in [0.717, 1.165) is 30.0 Å². The summed E-state index contributed by atoms with van der Waals surface area (Å²) in [5.74, 6) is 0.736. The first kappa shape index (κ1) is 11.4. The predicted molar refractivity (Wildman–Crippen MR) is 68.8 cm³/mol. The van der Waals surface area contributed by atoms with E-state index in [1.165, 1.54) is 0 Å². The van der Waals surface area contributed by atoms with Crippen LogP contribution in [0.3, 0.4) is 0 Å². The van der Waals surface area contributed by atoms with E-state index in [4.69, 9.17) is 5.73 Å². The summed E-state index contributed by atoms with van der Waals surface area (Å²) in [6, 6.07) is 1.91. The van der Waals surface area contributed by atoms with Crippen molar-refractivity contribution in [3.63, 3.8) is 0 Å². The molecule has 2 aromatic heterocycles. The summed E-state index contributed by atoms with van der Waals surface area (Å²) in [5.41, 5.74) is 8.77. The molecule has 0 unspecified atom stereocenters. The van der Waals surface area contributed by atoms with Gasteiger partial charge in [0.05, 0.1) is 18.4 Å². The van der Waals surface area contributed by atoms with Crippen LogP contribution in [-0.2, 0) is 6.54 Å². The zero-order valence-electron chi connectivity index (χ0n) is 10.1. The van der Waals surface area contributed by atoms with Gasteiger partial charge in [-0.25, -0.2) is 4.98 Å². The average Bonchev–Trinajstić information content (AvgIpc) is 2.68. The molecule has 2 aromatic rings. The number of anilines is 2. The van der Waals surface area contributed by atoms with Gasteiger partial charge in [-0.15, -0.1) is 0 Å². The Labute approximate surface area is 101 Å². The van der Waals surface area contributed by atoms with Gasteiger partial charge in [0.1, 0.15) is 5.82 Å². The van der Waals surface area contributed by atoms with Crippen LogP contribution in [0.4, 0.5) is 11.5 Å². The second-order valence-corrected chi connectivity index (χ2v) is 4.16. The monoisotopic (exact) mass is 231 g/mol. The summed E-state index contributed by atoms with van der Waals surface area (Å²) in [6.45, 7) is 5.54. The molecule has 0 radical (unpaired) electrons. The summed E-state index contributed by atoms with van der Waals surface area (Å²) in [7, 11) is 0. The van der Waals surface area contributed by atoms with Gasteiger partial charge in [0, 0.05) is 18.9 Å². The van der Waals surface area contributed by atoms with E-state index in [1.807, 2.05) is 37.0 Å². The summed E-state index contributed by atoms with van der Waals surface area (Å²) in [4.78, 5) is 4.25. The molecule has 0 saturated carbocycles. The Balaban J connectivity index is 1.90. The van der Waals surface area contributed by atoms with E-state index in [2.05, 4.69) is 15.4 Å². The molecule has 5 heteroatoms. The van der Waals surface area contributed by atoms with Crippen molar-refractivity contribution in [2.45, 2.75) is 20.4 Å². The topological polar surface area (TPSA) is 68.8 Å². The molecule has 0 spiro atoms. The fourth-order valence-corrected chi connectivity index (χ4v) is 1.62. The minimum atomic E-state index is 0.682. The first-order valence-corrected chi connectivity index (χ1v) is 5.60. The Morgan fingerprint density at radius 2 is 2.12 bits per heavy atom.